The number of morpholine rings is 1. The molecule has 1 N–H and O–H groups in total. The number of ether oxygens (including phenoxy) is 1. The topological polar surface area (TPSA) is 71.5 Å². The molecule has 2 amide bonds. The Kier molecular flexibility index (Phi) is 4.94. The number of alkyl halides is 2. The van der Waals surface area contributed by atoms with E-state index in [2.05, 4.69) is 15.0 Å². The van der Waals surface area contributed by atoms with E-state index in [0.717, 1.165) is 4.90 Å². The number of aryl methyl sites for hydroxylation is 1. The number of carbonyl (C=O) groups excluding carboxylic acids is 2. The minimum absolute atomic E-state index is 0.0557. The fraction of sp³-hybridized carbons (Fsp3) is 0.278. The smallest absolute Gasteiger partial charge is 0.327 e. The molecule has 0 unspecified atom stereocenters. The molecule has 1 saturated heterocycles. The maximum absolute atomic E-state index is 13.5. The molecule has 1 aliphatic heterocycles. The van der Waals surface area contributed by atoms with Gasteiger partial charge in [0.1, 0.15) is 6.54 Å². The van der Waals surface area contributed by atoms with Crippen LogP contribution in [-0.2, 0) is 4.74 Å². The van der Waals surface area contributed by atoms with Crippen LogP contribution in [-0.4, -0.2) is 47.5 Å². The highest BCUT2D eigenvalue weighted by molar-refractivity contribution is 6.09. The molecule has 1 fully saturated rings. The van der Waals surface area contributed by atoms with Crippen molar-refractivity contribution in [2.45, 2.75) is 13.0 Å². The van der Waals surface area contributed by atoms with Gasteiger partial charge in [-0.05, 0) is 30.7 Å². The third-order valence-electron chi connectivity index (χ3n) is 4.02. The van der Waals surface area contributed by atoms with Crippen molar-refractivity contribution in [1.82, 2.24) is 9.88 Å². The summed E-state index contributed by atoms with van der Waals surface area (Å²) in [7, 11) is 0. The molecule has 1 aliphatic rings. The average Bonchev–Trinajstić information content (AvgIpc) is 2.62. The van der Waals surface area contributed by atoms with Gasteiger partial charge in [-0.2, -0.15) is 8.78 Å². The summed E-state index contributed by atoms with van der Waals surface area (Å²) in [4.78, 5) is 30.0. The second kappa shape index (κ2) is 7.17. The molecule has 3 rings (SSSR count). The van der Waals surface area contributed by atoms with Crippen molar-refractivity contribution in [3.8, 4) is 0 Å². The van der Waals surface area contributed by atoms with Crippen LogP contribution in [0.3, 0.4) is 0 Å². The van der Waals surface area contributed by atoms with Crippen molar-refractivity contribution in [1.29, 1.82) is 0 Å². The first-order valence-corrected chi connectivity index (χ1v) is 7.99. The van der Waals surface area contributed by atoms with Gasteiger partial charge in [-0.1, -0.05) is 12.1 Å². The first-order chi connectivity index (χ1) is 12.4. The molecular weight excluding hydrogens is 344 g/mol. The highest BCUT2D eigenvalue weighted by atomic mass is 19.3. The SMILES string of the molecule is Cc1cccc(C(=O)N2CCOC(F)(F)C2)c1NC(=O)c1ccncc1. The van der Waals surface area contributed by atoms with E-state index in [1.54, 1.807) is 19.1 Å². The zero-order chi connectivity index (χ0) is 18.7. The minimum Gasteiger partial charge on any atom is -0.327 e. The molecule has 136 valence electrons. The Morgan fingerprint density at radius 1 is 1.23 bits per heavy atom. The summed E-state index contributed by atoms with van der Waals surface area (Å²) in [5, 5.41) is 2.70. The standard InChI is InChI=1S/C18H17F2N3O3/c1-12-3-2-4-14(17(25)23-9-10-26-18(19,20)11-23)15(12)22-16(24)13-5-7-21-8-6-13/h2-8H,9-11H2,1H3,(H,22,24). The Labute approximate surface area is 148 Å². The summed E-state index contributed by atoms with van der Waals surface area (Å²) in [6.45, 7) is 0.716. The van der Waals surface area contributed by atoms with E-state index in [0.29, 0.717) is 16.8 Å². The van der Waals surface area contributed by atoms with Crippen molar-refractivity contribution < 1.29 is 23.1 Å². The number of benzene rings is 1. The quantitative estimate of drug-likeness (QED) is 0.913. The van der Waals surface area contributed by atoms with Crippen LogP contribution in [0.25, 0.3) is 0 Å². The number of nitrogens with one attached hydrogen (secondary N) is 1. The maximum Gasteiger partial charge on any atom is 0.373 e. The Balaban J connectivity index is 1.88. The van der Waals surface area contributed by atoms with Gasteiger partial charge in [0.25, 0.3) is 11.8 Å². The Bertz CT molecular complexity index is 828. The fourth-order valence-electron chi connectivity index (χ4n) is 2.70. The van der Waals surface area contributed by atoms with E-state index in [1.165, 1.54) is 30.6 Å². The van der Waals surface area contributed by atoms with Crippen LogP contribution in [0.15, 0.2) is 42.7 Å². The van der Waals surface area contributed by atoms with Crippen LogP contribution in [0.2, 0.25) is 0 Å². The van der Waals surface area contributed by atoms with Gasteiger partial charge in [-0.15, -0.1) is 0 Å². The molecule has 6 nitrogen and oxygen atoms in total. The number of hydrogen-bond acceptors (Lipinski definition) is 4. The first kappa shape index (κ1) is 17.9. The average molecular weight is 361 g/mol. The van der Waals surface area contributed by atoms with Crippen LogP contribution < -0.4 is 5.32 Å². The van der Waals surface area contributed by atoms with Gasteiger partial charge in [-0.25, -0.2) is 0 Å². The van der Waals surface area contributed by atoms with E-state index in [9.17, 15) is 18.4 Å². The second-order valence-corrected chi connectivity index (χ2v) is 5.90. The number of nitrogens with zero attached hydrogens (tertiary/aromatic N) is 2. The van der Waals surface area contributed by atoms with Crippen LogP contribution in [0.1, 0.15) is 26.3 Å². The normalized spacial score (nSPS) is 16.2. The van der Waals surface area contributed by atoms with Crippen molar-refractivity contribution >= 4 is 17.5 Å². The van der Waals surface area contributed by atoms with E-state index >= 15 is 0 Å². The third-order valence-corrected chi connectivity index (χ3v) is 4.02. The molecule has 1 aromatic heterocycles. The van der Waals surface area contributed by atoms with Crippen molar-refractivity contribution in [3.63, 3.8) is 0 Å². The summed E-state index contributed by atoms with van der Waals surface area (Å²) >= 11 is 0. The Morgan fingerprint density at radius 2 is 1.96 bits per heavy atom. The molecule has 0 atom stereocenters. The predicted molar refractivity (Wildman–Crippen MR) is 90.2 cm³/mol. The molecule has 1 aromatic carbocycles. The first-order valence-electron chi connectivity index (χ1n) is 7.99. The number of para-hydroxylation sites is 1. The molecule has 0 aliphatic carbocycles. The van der Waals surface area contributed by atoms with E-state index in [1.807, 2.05) is 0 Å². The zero-order valence-electron chi connectivity index (χ0n) is 14.0. The van der Waals surface area contributed by atoms with Crippen LogP contribution in [0, 0.1) is 6.92 Å². The van der Waals surface area contributed by atoms with E-state index in [-0.39, 0.29) is 18.7 Å². The molecule has 2 aromatic rings. The number of anilines is 1. The monoisotopic (exact) mass is 361 g/mol. The summed E-state index contributed by atoms with van der Waals surface area (Å²) in [6.07, 6.45) is -0.415. The number of pyridine rings is 1. The summed E-state index contributed by atoms with van der Waals surface area (Å²) in [5.74, 6) is -0.996. The second-order valence-electron chi connectivity index (χ2n) is 5.90. The lowest BCUT2D eigenvalue weighted by atomic mass is 10.1. The highest BCUT2D eigenvalue weighted by Crippen LogP contribution is 2.26. The van der Waals surface area contributed by atoms with E-state index in [4.69, 9.17) is 0 Å². The van der Waals surface area contributed by atoms with Gasteiger partial charge in [0.05, 0.1) is 17.9 Å². The fourth-order valence-corrected chi connectivity index (χ4v) is 2.70. The molecule has 8 heteroatoms. The molecule has 2 heterocycles. The number of hydrogen-bond donors (Lipinski definition) is 1. The minimum atomic E-state index is -3.38. The number of rotatable bonds is 3. The number of aromatic nitrogens is 1. The van der Waals surface area contributed by atoms with Crippen LogP contribution in [0.5, 0.6) is 0 Å². The highest BCUT2D eigenvalue weighted by Gasteiger charge is 2.39. The molecule has 0 saturated carbocycles. The summed E-state index contributed by atoms with van der Waals surface area (Å²) in [6, 6.07) is 7.95. The third kappa shape index (κ3) is 3.85. The van der Waals surface area contributed by atoms with Gasteiger partial charge < -0.3 is 15.0 Å². The predicted octanol–water partition coefficient (Wildman–Crippen LogP) is 2.71. The Morgan fingerprint density at radius 3 is 2.65 bits per heavy atom. The van der Waals surface area contributed by atoms with Gasteiger partial charge in [0, 0.05) is 24.5 Å². The Hall–Kier alpha value is -2.87. The van der Waals surface area contributed by atoms with E-state index < -0.39 is 24.5 Å². The van der Waals surface area contributed by atoms with Gasteiger partial charge in [0.2, 0.25) is 0 Å². The van der Waals surface area contributed by atoms with Gasteiger partial charge in [-0.3, -0.25) is 14.6 Å². The van der Waals surface area contributed by atoms with Crippen molar-refractivity contribution in [2.75, 3.05) is 25.0 Å². The van der Waals surface area contributed by atoms with Gasteiger partial charge in [0.15, 0.2) is 0 Å². The molecule has 0 radical (unpaired) electrons. The number of halogens is 2. The number of carbonyl (C=O) groups is 2. The molecule has 26 heavy (non-hydrogen) atoms. The largest absolute Gasteiger partial charge is 0.373 e. The summed E-state index contributed by atoms with van der Waals surface area (Å²) in [5.41, 5.74) is 1.48. The van der Waals surface area contributed by atoms with Crippen molar-refractivity contribution in [3.05, 3.63) is 59.4 Å². The lowest BCUT2D eigenvalue weighted by molar-refractivity contribution is -0.263. The van der Waals surface area contributed by atoms with Crippen LogP contribution >= 0.6 is 0 Å². The molecule has 0 spiro atoms. The van der Waals surface area contributed by atoms with Gasteiger partial charge >= 0.3 is 6.11 Å². The lowest BCUT2D eigenvalue weighted by Gasteiger charge is -2.32. The lowest BCUT2D eigenvalue weighted by Crippen LogP contribution is -2.49. The van der Waals surface area contributed by atoms with Crippen LogP contribution in [0.4, 0.5) is 14.5 Å². The maximum atomic E-state index is 13.5. The molecular formula is C18H17F2N3O3. The van der Waals surface area contributed by atoms with Crippen molar-refractivity contribution in [2.24, 2.45) is 0 Å². The zero-order valence-corrected chi connectivity index (χ0v) is 14.0. The number of amides is 2. The summed E-state index contributed by atoms with van der Waals surface area (Å²) < 4.78 is 31.3. The molecule has 0 bridgehead atoms.